The van der Waals surface area contributed by atoms with E-state index < -0.39 is 11.9 Å². The van der Waals surface area contributed by atoms with Crippen LogP contribution in [0.4, 0.5) is 4.39 Å². The van der Waals surface area contributed by atoms with Crippen molar-refractivity contribution in [2.24, 2.45) is 5.41 Å². The first-order valence-electron chi connectivity index (χ1n) is 4.41. The van der Waals surface area contributed by atoms with Crippen LogP contribution >= 0.6 is 0 Å². The van der Waals surface area contributed by atoms with E-state index in [4.69, 9.17) is 0 Å². The topological polar surface area (TPSA) is 33.1 Å². The van der Waals surface area contributed by atoms with Gasteiger partial charge in [0.15, 0.2) is 0 Å². The normalized spacial score (nSPS) is 21.2. The maximum Gasteiger partial charge on any atom is 0.147 e. The van der Waals surface area contributed by atoms with E-state index in [9.17, 15) is 9.50 Å². The molecule has 2 rings (SSSR count). The molecule has 1 aromatic heterocycles. The van der Waals surface area contributed by atoms with Crippen LogP contribution in [0.3, 0.4) is 0 Å². The number of aromatic nitrogens is 1. The van der Waals surface area contributed by atoms with Gasteiger partial charge in [-0.15, -0.1) is 0 Å². The lowest BCUT2D eigenvalue weighted by atomic mass is 9.95. The van der Waals surface area contributed by atoms with Gasteiger partial charge in [-0.25, -0.2) is 4.39 Å². The molecule has 13 heavy (non-hydrogen) atoms. The van der Waals surface area contributed by atoms with Gasteiger partial charge >= 0.3 is 0 Å². The molecule has 0 amide bonds. The molecule has 0 radical (unpaired) electrons. The van der Waals surface area contributed by atoms with Gasteiger partial charge in [-0.1, -0.05) is 6.92 Å². The minimum atomic E-state index is -0.685. The Morgan fingerprint density at radius 2 is 2.31 bits per heavy atom. The molecule has 1 aliphatic carbocycles. The molecule has 3 heteroatoms. The number of halogens is 1. The van der Waals surface area contributed by atoms with E-state index in [1.165, 1.54) is 6.20 Å². The zero-order valence-electron chi connectivity index (χ0n) is 7.50. The van der Waals surface area contributed by atoms with Gasteiger partial charge in [-0.3, -0.25) is 4.98 Å². The number of hydrogen-bond donors (Lipinski definition) is 1. The second-order valence-electron chi connectivity index (χ2n) is 3.95. The highest BCUT2D eigenvalue weighted by Crippen LogP contribution is 2.54. The molecule has 70 valence electrons. The first kappa shape index (κ1) is 8.63. The van der Waals surface area contributed by atoms with Crippen LogP contribution in [0.15, 0.2) is 18.5 Å². The zero-order valence-corrected chi connectivity index (χ0v) is 7.50. The summed E-state index contributed by atoms with van der Waals surface area (Å²) < 4.78 is 13.2. The second-order valence-corrected chi connectivity index (χ2v) is 3.95. The third kappa shape index (κ3) is 1.44. The zero-order chi connectivity index (χ0) is 9.47. The molecule has 1 aromatic rings. The first-order valence-corrected chi connectivity index (χ1v) is 4.41. The standard InChI is InChI=1S/C10H12FNO/c1-10(3-4-10)9(13)7-2-5-12-6-8(7)11/h2,5-6,9,13H,3-4H2,1H3. The Morgan fingerprint density at radius 1 is 1.62 bits per heavy atom. The molecule has 1 unspecified atom stereocenters. The molecule has 1 aliphatic rings. The molecule has 0 saturated heterocycles. The van der Waals surface area contributed by atoms with E-state index in [2.05, 4.69) is 4.98 Å². The predicted octanol–water partition coefficient (Wildman–Crippen LogP) is 2.05. The molecule has 1 N–H and O–H groups in total. The summed E-state index contributed by atoms with van der Waals surface area (Å²) in [6, 6.07) is 1.55. The molecule has 1 heterocycles. The van der Waals surface area contributed by atoms with Crippen molar-refractivity contribution in [2.45, 2.75) is 25.9 Å². The van der Waals surface area contributed by atoms with E-state index >= 15 is 0 Å². The molecule has 2 nitrogen and oxygen atoms in total. The van der Waals surface area contributed by atoms with Crippen molar-refractivity contribution in [3.63, 3.8) is 0 Å². The van der Waals surface area contributed by atoms with Gasteiger partial charge in [0.05, 0.1) is 12.3 Å². The Hall–Kier alpha value is -0.960. The summed E-state index contributed by atoms with van der Waals surface area (Å²) >= 11 is 0. The van der Waals surface area contributed by atoms with E-state index in [0.29, 0.717) is 5.56 Å². The first-order chi connectivity index (χ1) is 6.13. The third-order valence-corrected chi connectivity index (χ3v) is 2.80. The van der Waals surface area contributed by atoms with Crippen molar-refractivity contribution >= 4 is 0 Å². The molecular weight excluding hydrogens is 169 g/mol. The maximum atomic E-state index is 13.2. The van der Waals surface area contributed by atoms with Crippen molar-refractivity contribution in [3.8, 4) is 0 Å². The smallest absolute Gasteiger partial charge is 0.147 e. The van der Waals surface area contributed by atoms with Crippen LogP contribution in [0, 0.1) is 11.2 Å². The lowest BCUT2D eigenvalue weighted by Crippen LogP contribution is -2.11. The highest BCUT2D eigenvalue weighted by Gasteiger charge is 2.45. The second kappa shape index (κ2) is 2.77. The van der Waals surface area contributed by atoms with Gasteiger partial charge in [-0.2, -0.15) is 0 Å². The Labute approximate surface area is 76.4 Å². The Balaban J connectivity index is 2.30. The third-order valence-electron chi connectivity index (χ3n) is 2.80. The van der Waals surface area contributed by atoms with E-state index in [1.807, 2.05) is 6.92 Å². The predicted molar refractivity (Wildman–Crippen MR) is 46.5 cm³/mol. The van der Waals surface area contributed by atoms with Crippen LogP contribution < -0.4 is 0 Å². The molecule has 1 saturated carbocycles. The van der Waals surface area contributed by atoms with Crippen LogP contribution in [0.25, 0.3) is 0 Å². The lowest BCUT2D eigenvalue weighted by molar-refractivity contribution is 0.0996. The fourth-order valence-electron chi connectivity index (χ4n) is 1.45. The van der Waals surface area contributed by atoms with Crippen LogP contribution in [-0.4, -0.2) is 10.1 Å². The summed E-state index contributed by atoms with van der Waals surface area (Å²) in [5.41, 5.74) is 0.261. The quantitative estimate of drug-likeness (QED) is 0.757. The number of nitrogens with zero attached hydrogens (tertiary/aromatic N) is 1. The summed E-state index contributed by atoms with van der Waals surface area (Å²) in [6.45, 7) is 1.97. The minimum Gasteiger partial charge on any atom is -0.388 e. The van der Waals surface area contributed by atoms with Crippen molar-refractivity contribution in [2.75, 3.05) is 0 Å². The van der Waals surface area contributed by atoms with E-state index in [0.717, 1.165) is 19.0 Å². The van der Waals surface area contributed by atoms with E-state index in [-0.39, 0.29) is 5.41 Å². The largest absolute Gasteiger partial charge is 0.388 e. The van der Waals surface area contributed by atoms with Crippen molar-refractivity contribution < 1.29 is 9.50 Å². The summed E-state index contributed by atoms with van der Waals surface area (Å²) in [5.74, 6) is -0.414. The Bertz CT molecular complexity index is 322. The Morgan fingerprint density at radius 3 is 2.85 bits per heavy atom. The number of pyridine rings is 1. The fourth-order valence-corrected chi connectivity index (χ4v) is 1.45. The minimum absolute atomic E-state index is 0.109. The molecule has 1 fully saturated rings. The monoisotopic (exact) mass is 181 g/mol. The van der Waals surface area contributed by atoms with E-state index in [1.54, 1.807) is 6.07 Å². The number of rotatable bonds is 2. The fraction of sp³-hybridized carbons (Fsp3) is 0.500. The van der Waals surface area contributed by atoms with Crippen LogP contribution in [0.5, 0.6) is 0 Å². The van der Waals surface area contributed by atoms with Gasteiger partial charge in [-0.05, 0) is 24.3 Å². The number of aliphatic hydroxyl groups excluding tert-OH is 1. The van der Waals surface area contributed by atoms with Gasteiger partial charge in [0.2, 0.25) is 0 Å². The van der Waals surface area contributed by atoms with Gasteiger partial charge in [0.25, 0.3) is 0 Å². The summed E-state index contributed by atoms with van der Waals surface area (Å²) in [4.78, 5) is 3.64. The SMILES string of the molecule is CC1(C(O)c2ccncc2F)CC1. The summed E-state index contributed by atoms with van der Waals surface area (Å²) in [5, 5.41) is 9.83. The summed E-state index contributed by atoms with van der Waals surface area (Å²) in [7, 11) is 0. The van der Waals surface area contributed by atoms with Crippen LogP contribution in [0.1, 0.15) is 31.4 Å². The Kier molecular flexibility index (Phi) is 1.84. The molecule has 0 spiro atoms. The lowest BCUT2D eigenvalue weighted by Gasteiger charge is -2.17. The average molecular weight is 181 g/mol. The number of hydrogen-bond acceptors (Lipinski definition) is 2. The van der Waals surface area contributed by atoms with Gasteiger partial charge in [0, 0.05) is 11.8 Å². The van der Waals surface area contributed by atoms with Crippen LogP contribution in [-0.2, 0) is 0 Å². The highest BCUT2D eigenvalue weighted by atomic mass is 19.1. The van der Waals surface area contributed by atoms with Crippen molar-refractivity contribution in [3.05, 3.63) is 29.8 Å². The van der Waals surface area contributed by atoms with Crippen molar-refractivity contribution in [1.82, 2.24) is 4.98 Å². The number of aliphatic hydroxyl groups is 1. The van der Waals surface area contributed by atoms with Gasteiger partial charge in [0.1, 0.15) is 5.82 Å². The highest BCUT2D eigenvalue weighted by molar-refractivity contribution is 5.20. The maximum absolute atomic E-state index is 13.2. The summed E-state index contributed by atoms with van der Waals surface area (Å²) in [6.07, 6.45) is 3.90. The van der Waals surface area contributed by atoms with Gasteiger partial charge < -0.3 is 5.11 Å². The molecule has 1 atom stereocenters. The van der Waals surface area contributed by atoms with Crippen LogP contribution in [0.2, 0.25) is 0 Å². The molecule has 0 aromatic carbocycles. The molecular formula is C10H12FNO. The molecule has 0 aliphatic heterocycles. The van der Waals surface area contributed by atoms with Crippen molar-refractivity contribution in [1.29, 1.82) is 0 Å². The molecule has 0 bridgehead atoms. The average Bonchev–Trinajstić information content (AvgIpc) is 2.85.